The van der Waals surface area contributed by atoms with Gasteiger partial charge in [-0.1, -0.05) is 36.4 Å². The Morgan fingerprint density at radius 1 is 1.06 bits per heavy atom. The minimum atomic E-state index is -0.200. The van der Waals surface area contributed by atoms with Crippen molar-refractivity contribution in [1.29, 1.82) is 0 Å². The molecule has 162 valence electrons. The van der Waals surface area contributed by atoms with E-state index in [2.05, 4.69) is 10.1 Å². The normalized spacial score (nSPS) is 16.3. The molecule has 1 aliphatic rings. The molecule has 0 spiro atoms. The molecule has 1 atom stereocenters. The zero-order valence-electron chi connectivity index (χ0n) is 17.7. The van der Waals surface area contributed by atoms with Crippen LogP contribution in [0.2, 0.25) is 0 Å². The molecule has 1 aliphatic heterocycles. The first-order valence-corrected chi connectivity index (χ1v) is 10.6. The van der Waals surface area contributed by atoms with E-state index in [0.717, 1.165) is 24.1 Å². The average molecular weight is 429 g/mol. The molecule has 8 heteroatoms. The second kappa shape index (κ2) is 8.30. The summed E-state index contributed by atoms with van der Waals surface area (Å²) in [4.78, 5) is 31.9. The monoisotopic (exact) mass is 429 g/mol. The molecule has 1 unspecified atom stereocenters. The fourth-order valence-electron chi connectivity index (χ4n) is 4.18. The highest BCUT2D eigenvalue weighted by molar-refractivity contribution is 5.91. The van der Waals surface area contributed by atoms with Crippen LogP contribution in [0.15, 0.2) is 76.1 Å². The van der Waals surface area contributed by atoms with E-state index in [1.54, 1.807) is 16.5 Å². The number of carbonyl (C=O) groups is 1. The molecule has 0 bridgehead atoms. The highest BCUT2D eigenvalue weighted by Gasteiger charge is 2.31. The molecule has 3 heterocycles. The Morgan fingerprint density at radius 3 is 2.53 bits per heavy atom. The SMILES string of the molecule is Cn1nc(C2CCCN(C(=O)c3cnc(-c4ccccc4)o3)C2)n(-c2ccccc2)c1=O. The van der Waals surface area contributed by atoms with Gasteiger partial charge in [-0.2, -0.15) is 5.10 Å². The van der Waals surface area contributed by atoms with Crippen LogP contribution in [0.4, 0.5) is 0 Å². The van der Waals surface area contributed by atoms with Gasteiger partial charge in [0.2, 0.25) is 11.7 Å². The zero-order valence-corrected chi connectivity index (χ0v) is 17.7. The second-order valence-electron chi connectivity index (χ2n) is 7.92. The van der Waals surface area contributed by atoms with E-state index in [9.17, 15) is 9.59 Å². The number of piperidine rings is 1. The van der Waals surface area contributed by atoms with E-state index in [0.29, 0.717) is 24.8 Å². The number of aromatic nitrogens is 4. The maximum atomic E-state index is 13.1. The van der Waals surface area contributed by atoms with Crippen molar-refractivity contribution < 1.29 is 9.21 Å². The van der Waals surface area contributed by atoms with Gasteiger partial charge in [0.25, 0.3) is 5.91 Å². The highest BCUT2D eigenvalue weighted by atomic mass is 16.4. The first-order valence-electron chi connectivity index (χ1n) is 10.6. The molecule has 2 aromatic heterocycles. The van der Waals surface area contributed by atoms with Crippen LogP contribution >= 0.6 is 0 Å². The van der Waals surface area contributed by atoms with E-state index in [1.165, 1.54) is 10.9 Å². The van der Waals surface area contributed by atoms with Crippen LogP contribution in [0.1, 0.15) is 35.1 Å². The summed E-state index contributed by atoms with van der Waals surface area (Å²) in [6.45, 7) is 1.09. The summed E-state index contributed by atoms with van der Waals surface area (Å²) in [5.74, 6) is 1.05. The Labute approximate surface area is 184 Å². The fourth-order valence-corrected chi connectivity index (χ4v) is 4.18. The van der Waals surface area contributed by atoms with Gasteiger partial charge >= 0.3 is 5.69 Å². The number of hydrogen-bond donors (Lipinski definition) is 0. The number of aryl methyl sites for hydroxylation is 1. The zero-order chi connectivity index (χ0) is 22.1. The molecule has 0 radical (unpaired) electrons. The van der Waals surface area contributed by atoms with E-state index in [-0.39, 0.29) is 23.3 Å². The third-order valence-electron chi connectivity index (χ3n) is 5.78. The lowest BCUT2D eigenvalue weighted by molar-refractivity contribution is 0.0672. The molecule has 4 aromatic rings. The van der Waals surface area contributed by atoms with E-state index in [4.69, 9.17) is 4.42 Å². The van der Waals surface area contributed by atoms with Crippen LogP contribution in [-0.4, -0.2) is 43.2 Å². The first kappa shape index (κ1) is 20.0. The molecule has 0 saturated carbocycles. The smallest absolute Gasteiger partial charge is 0.350 e. The Bertz CT molecular complexity index is 1290. The number of nitrogens with zero attached hydrogens (tertiary/aromatic N) is 5. The number of amides is 1. The van der Waals surface area contributed by atoms with Crippen LogP contribution in [0.25, 0.3) is 17.1 Å². The van der Waals surface area contributed by atoms with Gasteiger partial charge in [0.15, 0.2) is 0 Å². The average Bonchev–Trinajstić information content (AvgIpc) is 3.45. The lowest BCUT2D eigenvalue weighted by Crippen LogP contribution is -2.39. The number of rotatable bonds is 4. The third kappa shape index (κ3) is 3.64. The number of benzene rings is 2. The fraction of sp³-hybridized carbons (Fsp3) is 0.250. The van der Waals surface area contributed by atoms with Gasteiger partial charge in [-0.3, -0.25) is 4.79 Å². The van der Waals surface area contributed by atoms with Gasteiger partial charge in [0.1, 0.15) is 5.82 Å². The van der Waals surface area contributed by atoms with Gasteiger partial charge in [-0.05, 0) is 37.1 Å². The number of oxazole rings is 1. The largest absolute Gasteiger partial charge is 0.431 e. The maximum absolute atomic E-state index is 13.1. The molecular formula is C24H23N5O3. The molecule has 8 nitrogen and oxygen atoms in total. The van der Waals surface area contributed by atoms with Gasteiger partial charge in [0.05, 0.1) is 11.9 Å². The predicted octanol–water partition coefficient (Wildman–Crippen LogP) is 3.25. The Balaban J connectivity index is 1.40. The lowest BCUT2D eigenvalue weighted by atomic mass is 9.96. The van der Waals surface area contributed by atoms with Crippen molar-refractivity contribution >= 4 is 5.91 Å². The number of hydrogen-bond acceptors (Lipinski definition) is 5. The molecule has 1 saturated heterocycles. The molecule has 0 aliphatic carbocycles. The van der Waals surface area contributed by atoms with E-state index >= 15 is 0 Å². The lowest BCUT2D eigenvalue weighted by Gasteiger charge is -2.31. The summed E-state index contributed by atoms with van der Waals surface area (Å²) in [5.41, 5.74) is 1.40. The second-order valence-corrected chi connectivity index (χ2v) is 7.92. The Morgan fingerprint density at radius 2 is 1.78 bits per heavy atom. The molecular weight excluding hydrogens is 406 g/mol. The number of likely N-dealkylation sites (tertiary alicyclic amines) is 1. The standard InChI is InChI=1S/C24H23N5O3/c1-27-24(31)29(19-12-6-3-7-13-19)21(26-27)18-11-8-14-28(16-18)23(30)20-15-25-22(32-20)17-9-4-2-5-10-17/h2-7,9-10,12-13,15,18H,8,11,14,16H2,1H3. The minimum absolute atomic E-state index is 0.0571. The van der Waals surface area contributed by atoms with Crippen LogP contribution < -0.4 is 5.69 Å². The van der Waals surface area contributed by atoms with E-state index in [1.807, 2.05) is 60.7 Å². The van der Waals surface area contributed by atoms with Crippen molar-refractivity contribution in [2.45, 2.75) is 18.8 Å². The van der Waals surface area contributed by atoms with Gasteiger partial charge < -0.3 is 9.32 Å². The molecule has 32 heavy (non-hydrogen) atoms. The Hall–Kier alpha value is -3.94. The minimum Gasteiger partial charge on any atom is -0.431 e. The molecule has 1 fully saturated rings. The summed E-state index contributed by atoms with van der Waals surface area (Å²) in [7, 11) is 1.65. The number of carbonyl (C=O) groups excluding carboxylic acids is 1. The molecule has 0 N–H and O–H groups in total. The predicted molar refractivity (Wildman–Crippen MR) is 119 cm³/mol. The van der Waals surface area contributed by atoms with Gasteiger partial charge in [0, 0.05) is 31.6 Å². The Kier molecular flexibility index (Phi) is 5.18. The summed E-state index contributed by atoms with van der Waals surface area (Å²) >= 11 is 0. The van der Waals surface area contributed by atoms with Crippen molar-refractivity contribution in [3.8, 4) is 17.1 Å². The topological polar surface area (TPSA) is 86.2 Å². The summed E-state index contributed by atoms with van der Waals surface area (Å²) < 4.78 is 8.76. The first-order chi connectivity index (χ1) is 15.6. The molecule has 1 amide bonds. The number of para-hydroxylation sites is 1. The van der Waals surface area contributed by atoms with Gasteiger partial charge in [-0.15, -0.1) is 0 Å². The molecule has 2 aromatic carbocycles. The summed E-state index contributed by atoms with van der Waals surface area (Å²) in [6.07, 6.45) is 3.14. The van der Waals surface area contributed by atoms with Crippen LogP contribution in [0.3, 0.4) is 0 Å². The third-order valence-corrected chi connectivity index (χ3v) is 5.78. The van der Waals surface area contributed by atoms with E-state index < -0.39 is 0 Å². The van der Waals surface area contributed by atoms with Crippen molar-refractivity contribution in [2.24, 2.45) is 7.05 Å². The van der Waals surface area contributed by atoms with Crippen molar-refractivity contribution in [2.75, 3.05) is 13.1 Å². The molecule has 5 rings (SSSR count). The quantitative estimate of drug-likeness (QED) is 0.497. The van der Waals surface area contributed by atoms with Crippen LogP contribution in [0.5, 0.6) is 0 Å². The highest BCUT2D eigenvalue weighted by Crippen LogP contribution is 2.28. The van der Waals surface area contributed by atoms with Crippen LogP contribution in [0, 0.1) is 0 Å². The van der Waals surface area contributed by atoms with Crippen molar-refractivity contribution in [3.05, 3.63) is 88.9 Å². The van der Waals surface area contributed by atoms with Crippen molar-refractivity contribution in [3.63, 3.8) is 0 Å². The summed E-state index contributed by atoms with van der Waals surface area (Å²) in [6, 6.07) is 19.0. The maximum Gasteiger partial charge on any atom is 0.350 e. The summed E-state index contributed by atoms with van der Waals surface area (Å²) in [5, 5.41) is 4.51. The van der Waals surface area contributed by atoms with Crippen molar-refractivity contribution in [1.82, 2.24) is 24.2 Å². The van der Waals surface area contributed by atoms with Crippen LogP contribution in [-0.2, 0) is 7.05 Å². The van der Waals surface area contributed by atoms with Gasteiger partial charge in [-0.25, -0.2) is 19.0 Å².